The zero-order chi connectivity index (χ0) is 13.1. The van der Waals surface area contributed by atoms with Gasteiger partial charge in [-0.1, -0.05) is 18.0 Å². The van der Waals surface area contributed by atoms with E-state index in [1.165, 1.54) is 0 Å². The second kappa shape index (κ2) is 5.85. The first-order valence-electron chi connectivity index (χ1n) is 6.49. The Bertz CT molecular complexity index is 425. The average Bonchev–Trinajstić information content (AvgIpc) is 2.32. The molecule has 0 spiro atoms. The largest absolute Gasteiger partial charge is 0.393 e. The molecule has 0 aliphatic heterocycles. The summed E-state index contributed by atoms with van der Waals surface area (Å²) in [5, 5.41) is 13.3. The van der Waals surface area contributed by atoms with Crippen molar-refractivity contribution >= 4 is 17.4 Å². The minimum atomic E-state index is -0.146. The van der Waals surface area contributed by atoms with E-state index in [0.717, 1.165) is 43.6 Å². The van der Waals surface area contributed by atoms with Crippen molar-refractivity contribution in [2.24, 2.45) is 5.92 Å². The highest BCUT2D eigenvalue weighted by Crippen LogP contribution is 2.25. The first kappa shape index (κ1) is 13.6. The molecule has 0 radical (unpaired) electrons. The van der Waals surface area contributed by atoms with E-state index in [4.69, 9.17) is 11.6 Å². The molecule has 1 aromatic heterocycles. The lowest BCUT2D eigenvalue weighted by atomic mass is 9.87. The summed E-state index contributed by atoms with van der Waals surface area (Å²) in [6.45, 7) is 4.62. The van der Waals surface area contributed by atoms with Crippen molar-refractivity contribution in [1.29, 1.82) is 0 Å². The Morgan fingerprint density at radius 3 is 2.72 bits per heavy atom. The van der Waals surface area contributed by atoms with Crippen LogP contribution in [0, 0.1) is 19.8 Å². The number of aliphatic hydroxyl groups excluding tert-OH is 1. The summed E-state index contributed by atoms with van der Waals surface area (Å²) in [6, 6.07) is 0. The van der Waals surface area contributed by atoms with Gasteiger partial charge in [-0.05, 0) is 39.0 Å². The highest BCUT2D eigenvalue weighted by atomic mass is 35.5. The van der Waals surface area contributed by atoms with Crippen LogP contribution in [0.15, 0.2) is 0 Å². The summed E-state index contributed by atoms with van der Waals surface area (Å²) in [6.07, 6.45) is 3.90. The number of halogens is 1. The number of anilines is 1. The Hall–Kier alpha value is -0.870. The zero-order valence-corrected chi connectivity index (χ0v) is 11.7. The van der Waals surface area contributed by atoms with Crippen molar-refractivity contribution in [2.75, 3.05) is 11.9 Å². The molecule has 0 amide bonds. The molecule has 0 bridgehead atoms. The highest BCUT2D eigenvalue weighted by molar-refractivity contribution is 6.31. The third kappa shape index (κ3) is 3.33. The number of aliphatic hydroxyl groups is 1. The van der Waals surface area contributed by atoms with Gasteiger partial charge in [0.1, 0.15) is 0 Å². The number of aromatic nitrogens is 2. The van der Waals surface area contributed by atoms with Crippen LogP contribution in [0.5, 0.6) is 0 Å². The average molecular weight is 270 g/mol. The molecule has 4 nitrogen and oxygen atoms in total. The molecule has 1 heterocycles. The zero-order valence-electron chi connectivity index (χ0n) is 10.9. The predicted octanol–water partition coefficient (Wildman–Crippen LogP) is 2.71. The molecule has 1 aliphatic rings. The Morgan fingerprint density at radius 1 is 1.28 bits per heavy atom. The second-order valence-corrected chi connectivity index (χ2v) is 5.46. The molecule has 0 aromatic carbocycles. The van der Waals surface area contributed by atoms with Gasteiger partial charge < -0.3 is 10.4 Å². The smallest absolute Gasteiger partial charge is 0.171 e. The van der Waals surface area contributed by atoms with E-state index in [-0.39, 0.29) is 6.10 Å². The van der Waals surface area contributed by atoms with Crippen molar-refractivity contribution in [2.45, 2.75) is 45.6 Å². The minimum Gasteiger partial charge on any atom is -0.393 e. The Balaban J connectivity index is 1.95. The first-order valence-corrected chi connectivity index (χ1v) is 6.86. The third-order valence-electron chi connectivity index (χ3n) is 3.58. The Kier molecular flexibility index (Phi) is 4.40. The quantitative estimate of drug-likeness (QED) is 0.886. The van der Waals surface area contributed by atoms with Crippen molar-refractivity contribution in [3.05, 3.63) is 16.5 Å². The number of hydrogen-bond donors (Lipinski definition) is 2. The van der Waals surface area contributed by atoms with Crippen LogP contribution in [-0.2, 0) is 0 Å². The van der Waals surface area contributed by atoms with Gasteiger partial charge in [-0.15, -0.1) is 0 Å². The maximum atomic E-state index is 9.63. The molecule has 2 N–H and O–H groups in total. The van der Waals surface area contributed by atoms with E-state index in [1.54, 1.807) is 0 Å². The van der Waals surface area contributed by atoms with Crippen molar-refractivity contribution in [3.63, 3.8) is 0 Å². The molecule has 18 heavy (non-hydrogen) atoms. The fourth-order valence-corrected chi connectivity index (χ4v) is 2.61. The Labute approximate surface area is 113 Å². The third-order valence-corrected chi connectivity index (χ3v) is 3.84. The normalized spacial score (nSPS) is 24.0. The lowest BCUT2D eigenvalue weighted by Gasteiger charge is -2.26. The predicted molar refractivity (Wildman–Crippen MR) is 73.0 cm³/mol. The van der Waals surface area contributed by atoms with Gasteiger partial charge in [-0.2, -0.15) is 0 Å². The van der Waals surface area contributed by atoms with E-state index in [9.17, 15) is 5.11 Å². The van der Waals surface area contributed by atoms with Crippen LogP contribution in [0.25, 0.3) is 0 Å². The van der Waals surface area contributed by atoms with Crippen molar-refractivity contribution in [1.82, 2.24) is 9.97 Å². The van der Waals surface area contributed by atoms with Gasteiger partial charge in [-0.3, -0.25) is 0 Å². The molecule has 0 saturated heterocycles. The molecule has 2 rings (SSSR count). The van der Waals surface area contributed by atoms with Gasteiger partial charge in [-0.25, -0.2) is 9.97 Å². The topological polar surface area (TPSA) is 58.0 Å². The summed E-state index contributed by atoms with van der Waals surface area (Å²) < 4.78 is 0. The maximum Gasteiger partial charge on any atom is 0.171 e. The molecule has 1 saturated carbocycles. The fraction of sp³-hybridized carbons (Fsp3) is 0.692. The molecule has 1 aromatic rings. The van der Waals surface area contributed by atoms with Crippen LogP contribution >= 0.6 is 11.6 Å². The number of nitrogens with one attached hydrogen (secondary N) is 1. The lowest BCUT2D eigenvalue weighted by Crippen LogP contribution is -2.25. The van der Waals surface area contributed by atoms with Gasteiger partial charge in [0.25, 0.3) is 0 Å². The maximum absolute atomic E-state index is 9.63. The molecule has 1 aliphatic carbocycles. The summed E-state index contributed by atoms with van der Waals surface area (Å²) in [4.78, 5) is 8.65. The second-order valence-electron chi connectivity index (χ2n) is 5.10. The number of rotatable bonds is 3. The van der Waals surface area contributed by atoms with E-state index >= 15 is 0 Å². The molecule has 5 heteroatoms. The minimum absolute atomic E-state index is 0.146. The molecule has 100 valence electrons. The fourth-order valence-electron chi connectivity index (χ4n) is 2.38. The van der Waals surface area contributed by atoms with Gasteiger partial charge in [0.2, 0.25) is 0 Å². The van der Waals surface area contributed by atoms with Crippen LogP contribution in [0.4, 0.5) is 5.82 Å². The highest BCUT2D eigenvalue weighted by Gasteiger charge is 2.20. The molecular weight excluding hydrogens is 250 g/mol. The van der Waals surface area contributed by atoms with E-state index < -0.39 is 0 Å². The molecule has 1 fully saturated rings. The van der Waals surface area contributed by atoms with Gasteiger partial charge in [0, 0.05) is 6.54 Å². The van der Waals surface area contributed by atoms with E-state index in [1.807, 2.05) is 13.8 Å². The van der Waals surface area contributed by atoms with Gasteiger partial charge in [0.05, 0.1) is 17.5 Å². The first-order chi connectivity index (χ1) is 8.56. The number of aryl methyl sites for hydroxylation is 2. The monoisotopic (exact) mass is 269 g/mol. The standard InChI is InChI=1S/C13H20ClN3O/c1-8-9(2)17-13(12(14)16-8)15-7-10-4-3-5-11(18)6-10/h10-11,18H,3-7H2,1-2H3,(H,15,17). The van der Waals surface area contributed by atoms with Crippen LogP contribution < -0.4 is 5.32 Å². The molecule has 2 atom stereocenters. The summed E-state index contributed by atoms with van der Waals surface area (Å²) in [5.74, 6) is 1.15. The van der Waals surface area contributed by atoms with E-state index in [2.05, 4.69) is 15.3 Å². The number of nitrogens with zero attached hydrogens (tertiary/aromatic N) is 2. The SMILES string of the molecule is Cc1nc(Cl)c(NCC2CCCC(O)C2)nc1C. The summed E-state index contributed by atoms with van der Waals surface area (Å²) >= 11 is 6.06. The number of hydrogen-bond acceptors (Lipinski definition) is 4. The van der Waals surface area contributed by atoms with Gasteiger partial charge >= 0.3 is 0 Å². The van der Waals surface area contributed by atoms with Crippen LogP contribution in [-0.4, -0.2) is 27.7 Å². The Morgan fingerprint density at radius 2 is 2.00 bits per heavy atom. The van der Waals surface area contributed by atoms with Gasteiger partial charge in [0.15, 0.2) is 11.0 Å². The van der Waals surface area contributed by atoms with Crippen LogP contribution in [0.1, 0.15) is 37.1 Å². The summed E-state index contributed by atoms with van der Waals surface area (Å²) in [7, 11) is 0. The lowest BCUT2D eigenvalue weighted by molar-refractivity contribution is 0.104. The summed E-state index contributed by atoms with van der Waals surface area (Å²) in [5.41, 5.74) is 1.75. The molecular formula is C13H20ClN3O. The van der Waals surface area contributed by atoms with Crippen molar-refractivity contribution < 1.29 is 5.11 Å². The molecule has 2 unspecified atom stereocenters. The van der Waals surface area contributed by atoms with Crippen LogP contribution in [0.2, 0.25) is 5.15 Å². The van der Waals surface area contributed by atoms with Crippen LogP contribution in [0.3, 0.4) is 0 Å². The van der Waals surface area contributed by atoms with Crippen molar-refractivity contribution in [3.8, 4) is 0 Å². The van der Waals surface area contributed by atoms with E-state index in [0.29, 0.717) is 16.9 Å².